The van der Waals surface area contributed by atoms with Crippen LogP contribution in [0.3, 0.4) is 0 Å². The van der Waals surface area contributed by atoms with Crippen LogP contribution in [0.4, 0.5) is 19.2 Å². The molecule has 0 aromatic heterocycles. The van der Waals surface area contributed by atoms with Gasteiger partial charge in [-0.25, -0.2) is 33.6 Å². The molecule has 33 nitrogen and oxygen atoms in total. The number of ether oxygens (including phenoxy) is 8. The van der Waals surface area contributed by atoms with Gasteiger partial charge in [0.05, 0.1) is 68.1 Å². The van der Waals surface area contributed by atoms with Gasteiger partial charge in [-0.05, 0) is 35.8 Å². The van der Waals surface area contributed by atoms with Gasteiger partial charge >= 0.3 is 70.2 Å². The van der Waals surface area contributed by atoms with E-state index < -0.39 is 76.1 Å². The maximum atomic E-state index is 12.3. The van der Waals surface area contributed by atoms with Gasteiger partial charge in [-0.15, -0.1) is 13.2 Å². The predicted octanol–water partition coefficient (Wildman–Crippen LogP) is 5.35. The van der Waals surface area contributed by atoms with E-state index in [0.717, 1.165) is 75.8 Å². The molecule has 1 aromatic carbocycles. The molecule has 0 saturated carbocycles. The summed E-state index contributed by atoms with van der Waals surface area (Å²) in [6.45, 7) is 21.4. The zero-order valence-corrected chi connectivity index (χ0v) is 63.4. The van der Waals surface area contributed by atoms with E-state index in [1.54, 1.807) is 46.2 Å². The van der Waals surface area contributed by atoms with E-state index in [4.69, 9.17) is 60.4 Å². The quantitative estimate of drug-likeness (QED) is 0.0117. The second kappa shape index (κ2) is 51.2. The van der Waals surface area contributed by atoms with Crippen LogP contribution in [0, 0.1) is 41.9 Å². The van der Waals surface area contributed by atoms with E-state index in [9.17, 15) is 56.8 Å². The van der Waals surface area contributed by atoms with E-state index in [1.165, 1.54) is 12.0 Å². The number of aldehydes is 1. The van der Waals surface area contributed by atoms with Crippen molar-refractivity contribution in [3.8, 4) is 0 Å². The molecule has 2 radical (unpaired) electrons. The Kier molecular flexibility index (Phi) is 50.8. The Hall–Kier alpha value is -5.03. The number of carbonyl (C=O) groups excluding carboxylic acids is 9. The van der Waals surface area contributed by atoms with Crippen molar-refractivity contribution in [1.29, 1.82) is 1.34 Å². The van der Waals surface area contributed by atoms with Crippen molar-refractivity contribution in [3.63, 3.8) is 0 Å². The fourth-order valence-corrected chi connectivity index (χ4v) is 10.0. The molecule has 0 aliphatic carbocycles. The third-order valence-corrected chi connectivity index (χ3v) is 18.7. The molecule has 94 heavy (non-hydrogen) atoms. The van der Waals surface area contributed by atoms with Crippen LogP contribution in [0.1, 0.15) is 46.1 Å². The minimum Gasteiger partial charge on any atom is -0.467 e. The number of halogens is 1. The molecule has 39 heteroatoms. The molecule has 3 heterocycles. The molecule has 5 N–H and O–H groups in total. The summed E-state index contributed by atoms with van der Waals surface area (Å²) in [5.74, 6) is -7.79. The van der Waals surface area contributed by atoms with Crippen molar-refractivity contribution in [2.24, 2.45) is 16.6 Å². The number of hydrogen-bond acceptors (Lipinski definition) is 27. The molecule has 3 aliphatic rings. The summed E-state index contributed by atoms with van der Waals surface area (Å²) in [6, 6.07) is 8.06. The third-order valence-electron chi connectivity index (χ3n) is 12.6. The standard InChI is InChI=1S/C15H24N2O4.C13H18NO7P.C10H19N2O7P.C7H12O.C5H8ClNO2.C5H12NO5P.BH.U/c1-5-15(2,3)7-6-12(13(18)20-4)16-14(19)17-8-10-21-11-9-17;1-18-12(15)11(22(17,19-2)20-3)14-13(16)21-9-10-7-5-4-6-8-10;1-16-9(13)8(20(15,17-2)18-3)11-10(14)12-4-6-19-7-5-12;1-4-7(2,3)5-6-8;6-5(8)7-1-3-9-4-2-7;1-9-5(7)4(6)12(8,10-2)11-3;;/h5-6H,1,7-11H2,2-4H3,(H,16,19);4-8,11H,9H2,1-3H3,(H,14,16);8H,4-7H2,1-3H3,(H,11,14);4,6H,1,5H2,2-3H3;1-4H2;4H,6H2,1-3H3;1H;/b12-6-;;;;;;;/i;;;;;;1D;. The van der Waals surface area contributed by atoms with Gasteiger partial charge in [0, 0.05) is 128 Å². The third kappa shape index (κ3) is 36.9. The van der Waals surface area contributed by atoms with Crippen molar-refractivity contribution in [3.05, 3.63) is 73.0 Å². The van der Waals surface area contributed by atoms with Gasteiger partial charge in [-0.1, -0.05) is 76.3 Å². The summed E-state index contributed by atoms with van der Waals surface area (Å²) < 4.78 is 107. The van der Waals surface area contributed by atoms with E-state index in [1.807, 2.05) is 39.8 Å². The van der Waals surface area contributed by atoms with Crippen molar-refractivity contribution < 1.29 is 153 Å². The van der Waals surface area contributed by atoms with E-state index in [0.29, 0.717) is 91.8 Å². The first-order valence-corrected chi connectivity index (χ1v) is 32.9. The number of esters is 4. The molecule has 534 valence electrons. The van der Waals surface area contributed by atoms with Crippen LogP contribution in [0.5, 0.6) is 0 Å². The number of nitrogens with zero attached hydrogens (tertiary/aromatic N) is 3. The molecular formula is C55H94BClN7O26P3U. The van der Waals surface area contributed by atoms with E-state index in [2.05, 4.69) is 60.7 Å². The molecule has 0 spiro atoms. The number of carbonyl (C=O) groups is 9. The van der Waals surface area contributed by atoms with Crippen LogP contribution in [0.25, 0.3) is 0 Å². The first-order valence-electron chi connectivity index (χ1n) is 28.2. The molecule has 3 aliphatic heterocycles. The monoisotopic (exact) mass is 1650 g/mol. The Morgan fingerprint density at radius 3 is 1.31 bits per heavy atom. The summed E-state index contributed by atoms with van der Waals surface area (Å²) in [6.07, 6.45) is 6.38. The Balaban J connectivity index is -0.000000537. The number of amides is 6. The zero-order chi connectivity index (χ0) is 72.7. The SMILES string of the molecule is C=CC(C)(C)C/C=C(\NC(=O)N1CCOCC1)C(=O)OC.C=CC(C)(C)CC=O.COC(=O)C(N)P(=O)(OC)OC.COC(=O)C(NC(=O)N1CCOCC1)P(=O)(OC)OC.COC(=O)C(NC(=O)OCc1ccccc1)P(=O)(OC)OC.O=C(Cl)N1CCOCC1.[2H][B].[U]. The number of benzene rings is 1. The van der Waals surface area contributed by atoms with Crippen molar-refractivity contribution in [2.45, 2.75) is 64.5 Å². The van der Waals surface area contributed by atoms with Crippen molar-refractivity contribution in [2.75, 3.05) is 150 Å². The van der Waals surface area contributed by atoms with Gasteiger partial charge < -0.3 is 101 Å². The first-order chi connectivity index (χ1) is 44.3. The minimum atomic E-state index is -3.90. The molecule has 1 aromatic rings. The maximum Gasteiger partial charge on any atom is 0.408 e. The van der Waals surface area contributed by atoms with Gasteiger partial charge in [0.15, 0.2) is 0 Å². The molecule has 0 bridgehead atoms. The second-order valence-electron chi connectivity index (χ2n) is 19.7. The largest absolute Gasteiger partial charge is 0.467 e. The molecule has 3 atom stereocenters. The van der Waals surface area contributed by atoms with Crippen molar-refractivity contribution in [1.82, 2.24) is 30.7 Å². The number of methoxy groups -OCH3 is 4. The Morgan fingerprint density at radius 2 is 0.979 bits per heavy atom. The number of hydrogen-bond donors (Lipinski definition) is 4. The summed E-state index contributed by atoms with van der Waals surface area (Å²) in [5, 5.41) is 6.70. The maximum absolute atomic E-state index is 12.3. The van der Waals surface area contributed by atoms with Gasteiger partial charge in [0.1, 0.15) is 18.6 Å². The van der Waals surface area contributed by atoms with Gasteiger partial charge in [0.25, 0.3) is 0 Å². The number of nitrogens with two attached hydrogens (primary N) is 1. The number of allylic oxidation sites excluding steroid dienone is 3. The molecule has 6 amide bonds. The topological polar surface area (TPSA) is 406 Å². The van der Waals surface area contributed by atoms with Gasteiger partial charge in [-0.2, -0.15) is 0 Å². The van der Waals surface area contributed by atoms with Crippen LogP contribution in [0.2, 0.25) is 0 Å². The van der Waals surface area contributed by atoms with E-state index >= 15 is 0 Å². The molecule has 4 rings (SSSR count). The van der Waals surface area contributed by atoms with Crippen LogP contribution in [0.15, 0.2) is 67.4 Å². The molecule has 3 unspecified atom stereocenters. The van der Waals surface area contributed by atoms with Gasteiger partial charge in [-0.3, -0.25) is 23.8 Å². The fourth-order valence-electron chi connectivity index (χ4n) is 6.47. The van der Waals surface area contributed by atoms with Crippen LogP contribution < -0.4 is 21.7 Å². The van der Waals surface area contributed by atoms with Crippen molar-refractivity contribution >= 4 is 96.4 Å². The second-order valence-corrected chi connectivity index (χ2v) is 27.1. The zero-order valence-electron chi connectivity index (χ0n) is 56.8. The minimum absolute atomic E-state index is 0. The van der Waals surface area contributed by atoms with E-state index in [-0.39, 0.29) is 65.6 Å². The summed E-state index contributed by atoms with van der Waals surface area (Å²) >= 11 is 5.19. The fraction of sp³-hybridized carbons (Fsp3) is 0.618. The Morgan fingerprint density at radius 1 is 0.606 bits per heavy atom. The Labute approximate surface area is 582 Å². The normalized spacial score (nSPS) is 14.9. The number of morpholine rings is 3. The number of alkyl carbamates (subject to hydrolysis) is 1. The number of urea groups is 2. The summed E-state index contributed by atoms with van der Waals surface area (Å²) in [7, 11) is 3.83. The molecule has 3 fully saturated rings. The number of nitrogens with one attached hydrogen (secondary N) is 3. The van der Waals surface area contributed by atoms with Gasteiger partial charge in [0.2, 0.25) is 17.3 Å². The van der Waals surface area contributed by atoms with Crippen LogP contribution in [-0.2, 0) is 109 Å². The predicted molar refractivity (Wildman–Crippen MR) is 342 cm³/mol. The summed E-state index contributed by atoms with van der Waals surface area (Å²) in [5.41, 5.74) is 5.98. The van der Waals surface area contributed by atoms with Crippen LogP contribution >= 0.6 is 34.4 Å². The smallest absolute Gasteiger partial charge is 0.408 e. The molecule has 3 saturated heterocycles. The van der Waals surface area contributed by atoms with Crippen LogP contribution in [-0.4, -0.2) is 245 Å². The average Bonchev–Trinajstić information content (AvgIpc) is 0.876. The molecular weight excluding hydrogens is 1550 g/mol. The summed E-state index contributed by atoms with van der Waals surface area (Å²) in [4.78, 5) is 107. The Bertz CT molecular complexity index is 2640. The number of rotatable bonds is 24. The first kappa shape index (κ1) is 93.2. The average molecular weight is 1650 g/mol.